The number of nitrogens with one attached hydrogen (secondary N) is 2. The molecule has 6 aromatic rings. The summed E-state index contributed by atoms with van der Waals surface area (Å²) in [6.07, 6.45) is 11.4. The molecule has 53 heavy (non-hydrogen) atoms. The molecule has 0 aliphatic heterocycles. The zero-order chi connectivity index (χ0) is 38.3. The number of aromatic carboxylic acids is 1. The van der Waals surface area contributed by atoms with E-state index in [0.29, 0.717) is 36.8 Å². The summed E-state index contributed by atoms with van der Waals surface area (Å²) in [6, 6.07) is 14.0. The number of aromatic nitrogens is 8. The van der Waals surface area contributed by atoms with E-state index >= 15 is 0 Å². The normalized spacial score (nSPS) is 10.4. The van der Waals surface area contributed by atoms with Crippen LogP contribution in [0.5, 0.6) is 0 Å². The first kappa shape index (κ1) is 39.4. The van der Waals surface area contributed by atoms with Gasteiger partial charge in [0.1, 0.15) is 0 Å². The van der Waals surface area contributed by atoms with Gasteiger partial charge in [-0.2, -0.15) is 10.2 Å². The molecule has 2 aromatic carbocycles. The van der Waals surface area contributed by atoms with Crippen molar-refractivity contribution in [2.24, 2.45) is 19.8 Å². The molecule has 0 saturated carbocycles. The van der Waals surface area contributed by atoms with Crippen molar-refractivity contribution in [1.82, 2.24) is 39.5 Å². The van der Waals surface area contributed by atoms with Crippen molar-refractivity contribution in [3.63, 3.8) is 0 Å². The van der Waals surface area contributed by atoms with Crippen LogP contribution in [0, 0.1) is 13.8 Å². The minimum absolute atomic E-state index is 0.0245. The van der Waals surface area contributed by atoms with Crippen LogP contribution in [-0.2, 0) is 14.1 Å². The second-order valence-electron chi connectivity index (χ2n) is 11.7. The number of hydrogen-bond donors (Lipinski definition) is 6. The summed E-state index contributed by atoms with van der Waals surface area (Å²) < 4.78 is 3.38. The highest BCUT2D eigenvalue weighted by atomic mass is 16.4. The number of nitrogens with zero attached hydrogens (tertiary/aromatic N) is 8. The van der Waals surface area contributed by atoms with Crippen LogP contribution in [0.25, 0.3) is 22.5 Å². The number of aliphatic hydroxyl groups is 2. The lowest BCUT2D eigenvalue weighted by atomic mass is 10.0. The summed E-state index contributed by atoms with van der Waals surface area (Å²) in [5, 5.41) is 40.0. The van der Waals surface area contributed by atoms with Gasteiger partial charge in [0.2, 0.25) is 11.9 Å². The van der Waals surface area contributed by atoms with Gasteiger partial charge in [0.05, 0.1) is 47.3 Å². The zero-order valence-electron chi connectivity index (χ0n) is 29.9. The molecule has 0 aliphatic carbocycles. The lowest BCUT2D eigenvalue weighted by molar-refractivity contribution is 0.0696. The number of benzene rings is 2. The molecule has 0 spiro atoms. The first-order chi connectivity index (χ1) is 25.5. The Balaban J connectivity index is 0.000000216. The van der Waals surface area contributed by atoms with Crippen LogP contribution < -0.4 is 16.4 Å². The smallest absolute Gasteiger partial charge is 0.335 e. The number of Topliss-reactive ketones (excluding diaryl/α,β-unsaturated/α-hetero) is 1. The minimum Gasteiger partial charge on any atom is -0.478 e. The summed E-state index contributed by atoms with van der Waals surface area (Å²) in [7, 11) is 3.67. The molecule has 4 aromatic heterocycles. The van der Waals surface area contributed by atoms with Crippen LogP contribution >= 0.6 is 0 Å². The highest BCUT2D eigenvalue weighted by molar-refractivity contribution is 5.96. The number of carboxylic acid groups (broad SMARTS) is 1. The molecule has 0 radical (unpaired) electrons. The average molecular weight is 722 g/mol. The second-order valence-corrected chi connectivity index (χ2v) is 11.7. The van der Waals surface area contributed by atoms with Gasteiger partial charge in [-0.1, -0.05) is 36.4 Å². The van der Waals surface area contributed by atoms with E-state index in [4.69, 9.17) is 21.1 Å². The summed E-state index contributed by atoms with van der Waals surface area (Å²) in [4.78, 5) is 40.6. The van der Waals surface area contributed by atoms with Gasteiger partial charge in [0, 0.05) is 75.1 Å². The van der Waals surface area contributed by atoms with E-state index in [1.165, 1.54) is 0 Å². The number of rotatable bonds is 12. The molecule has 0 atom stereocenters. The molecule has 16 heteroatoms. The Morgan fingerprint density at radius 1 is 0.698 bits per heavy atom. The predicted octanol–water partition coefficient (Wildman–Crippen LogP) is 4.45. The Bertz CT molecular complexity index is 2090. The molecule has 16 nitrogen and oxygen atoms in total. The largest absolute Gasteiger partial charge is 0.478 e. The SMILES string of the molecule is Cc1cnc(Nc2cnn(C)c2)nc1-c1ccc(C(=O)CCCO)cc1.Cc1cnc(Nc2cnn(C)c2)nc1-c1ccc(C(=O)O)cc1.NCCO. The molecule has 0 fully saturated rings. The van der Waals surface area contributed by atoms with Crippen molar-refractivity contribution in [3.05, 3.63) is 108 Å². The van der Waals surface area contributed by atoms with E-state index in [2.05, 4.69) is 40.8 Å². The van der Waals surface area contributed by atoms with Gasteiger partial charge in [0.25, 0.3) is 0 Å². The van der Waals surface area contributed by atoms with Crippen molar-refractivity contribution in [2.75, 3.05) is 30.4 Å². The van der Waals surface area contributed by atoms with Crippen molar-refractivity contribution in [2.45, 2.75) is 26.7 Å². The van der Waals surface area contributed by atoms with Gasteiger partial charge in [-0.3, -0.25) is 14.2 Å². The quantitative estimate of drug-likeness (QED) is 0.0959. The lowest BCUT2D eigenvalue weighted by Gasteiger charge is -2.09. The second kappa shape index (κ2) is 19.3. The number of aliphatic hydroxyl groups excluding tert-OH is 2. The van der Waals surface area contributed by atoms with E-state index in [-0.39, 0.29) is 24.6 Å². The highest BCUT2D eigenvalue weighted by Crippen LogP contribution is 2.25. The molecular weight excluding hydrogens is 678 g/mol. The molecule has 4 heterocycles. The number of anilines is 4. The molecule has 0 saturated heterocycles. The summed E-state index contributed by atoms with van der Waals surface area (Å²) >= 11 is 0. The highest BCUT2D eigenvalue weighted by Gasteiger charge is 2.11. The number of carbonyl (C=O) groups is 2. The van der Waals surface area contributed by atoms with Crippen LogP contribution in [0.1, 0.15) is 44.7 Å². The Labute approximate surface area is 306 Å². The Kier molecular flexibility index (Phi) is 14.4. The molecule has 276 valence electrons. The monoisotopic (exact) mass is 721 g/mol. The Morgan fingerprint density at radius 2 is 1.13 bits per heavy atom. The predicted molar refractivity (Wildman–Crippen MR) is 201 cm³/mol. The molecule has 0 bridgehead atoms. The summed E-state index contributed by atoms with van der Waals surface area (Å²) in [6.45, 7) is 4.36. The van der Waals surface area contributed by atoms with Gasteiger partial charge in [-0.15, -0.1) is 0 Å². The Hall–Kier alpha value is -6.36. The van der Waals surface area contributed by atoms with Crippen LogP contribution in [0.2, 0.25) is 0 Å². The number of nitrogens with two attached hydrogens (primary N) is 1. The van der Waals surface area contributed by atoms with Crippen LogP contribution in [0.15, 0.2) is 85.7 Å². The summed E-state index contributed by atoms with van der Waals surface area (Å²) in [5.41, 5.74) is 12.4. The van der Waals surface area contributed by atoms with Crippen LogP contribution in [0.4, 0.5) is 23.3 Å². The first-order valence-electron chi connectivity index (χ1n) is 16.6. The molecule has 0 aliphatic rings. The molecule has 0 unspecified atom stereocenters. The van der Waals surface area contributed by atoms with E-state index in [1.54, 1.807) is 70.5 Å². The van der Waals surface area contributed by atoms with Crippen LogP contribution in [-0.4, -0.2) is 86.3 Å². The van der Waals surface area contributed by atoms with Crippen molar-refractivity contribution >= 4 is 35.0 Å². The van der Waals surface area contributed by atoms with Gasteiger partial charge in [0.15, 0.2) is 5.78 Å². The first-order valence-corrected chi connectivity index (χ1v) is 16.6. The maximum atomic E-state index is 12.0. The number of carboxylic acids is 1. The van der Waals surface area contributed by atoms with Crippen molar-refractivity contribution < 1.29 is 24.9 Å². The number of ketones is 1. The standard InChI is InChI=1S/C19H21N5O2.C16H15N5O2.C2H7NO/c1-13-10-20-19(22-16-11-21-24(2)12-16)23-18(13)15-7-5-14(6-8-15)17(26)4-3-9-25;1-10-7-17-16(19-13-8-18-21(2)9-13)20-14(10)11-3-5-12(6-4-11)15(22)23;3-1-2-4/h5-8,10-12,25H,3-4,9H2,1-2H3,(H,20,22,23);3-9H,1-2H3,(H,22,23)(H,17,19,20);4H,1-3H2. The lowest BCUT2D eigenvalue weighted by Crippen LogP contribution is -2.02. The van der Waals surface area contributed by atoms with E-state index in [1.807, 2.05) is 52.5 Å². The number of hydrogen-bond acceptors (Lipinski definition) is 13. The van der Waals surface area contributed by atoms with Gasteiger partial charge in [-0.25, -0.2) is 24.7 Å². The molecule has 0 amide bonds. The fourth-order valence-electron chi connectivity index (χ4n) is 4.79. The molecule has 6 rings (SSSR count). The van der Waals surface area contributed by atoms with Gasteiger partial charge >= 0.3 is 5.97 Å². The minimum atomic E-state index is -0.949. The number of aryl methyl sites for hydroxylation is 4. The summed E-state index contributed by atoms with van der Waals surface area (Å²) in [5.74, 6) is 0.0291. The van der Waals surface area contributed by atoms with Crippen molar-refractivity contribution in [1.29, 1.82) is 0 Å². The molecule has 7 N–H and O–H groups in total. The maximum absolute atomic E-state index is 12.0. The van der Waals surface area contributed by atoms with Gasteiger partial charge < -0.3 is 31.7 Å². The average Bonchev–Trinajstić information content (AvgIpc) is 3.78. The Morgan fingerprint density at radius 3 is 1.49 bits per heavy atom. The van der Waals surface area contributed by atoms with E-state index < -0.39 is 5.97 Å². The fourth-order valence-corrected chi connectivity index (χ4v) is 4.79. The third-order valence-corrected chi connectivity index (χ3v) is 7.44. The molecular formula is C37H43N11O5. The van der Waals surface area contributed by atoms with Gasteiger partial charge in [-0.05, 0) is 43.5 Å². The maximum Gasteiger partial charge on any atom is 0.335 e. The van der Waals surface area contributed by atoms with E-state index in [0.717, 1.165) is 45.0 Å². The number of carbonyl (C=O) groups excluding carboxylic acids is 1. The topological polar surface area (TPSA) is 232 Å². The van der Waals surface area contributed by atoms with Crippen LogP contribution in [0.3, 0.4) is 0 Å². The third kappa shape index (κ3) is 11.6. The third-order valence-electron chi connectivity index (χ3n) is 7.44. The zero-order valence-corrected chi connectivity index (χ0v) is 29.9. The van der Waals surface area contributed by atoms with Crippen molar-refractivity contribution in [3.8, 4) is 22.5 Å². The van der Waals surface area contributed by atoms with E-state index in [9.17, 15) is 9.59 Å². The fraction of sp³-hybridized carbons (Fsp3) is 0.243.